The minimum atomic E-state index is -3.04. The monoisotopic (exact) mass is 413 g/mol. The molecule has 27 heavy (non-hydrogen) atoms. The number of thiophene rings is 1. The lowest BCUT2D eigenvalue weighted by Gasteiger charge is -2.25. The highest BCUT2D eigenvalue weighted by atomic mass is 32.2. The summed E-state index contributed by atoms with van der Waals surface area (Å²) in [5.74, 6) is 1.04. The first kappa shape index (κ1) is 20.6. The van der Waals surface area contributed by atoms with Crippen molar-refractivity contribution in [2.75, 3.05) is 51.6 Å². The molecule has 1 atom stereocenters. The van der Waals surface area contributed by atoms with Crippen molar-refractivity contribution >= 4 is 27.3 Å². The lowest BCUT2D eigenvalue weighted by atomic mass is 10.2. The lowest BCUT2D eigenvalue weighted by Crippen LogP contribution is -2.42. The van der Waals surface area contributed by atoms with Crippen LogP contribution in [-0.2, 0) is 10.0 Å². The van der Waals surface area contributed by atoms with Gasteiger partial charge in [0.25, 0.3) is 0 Å². The van der Waals surface area contributed by atoms with Gasteiger partial charge in [0.1, 0.15) is 0 Å². The van der Waals surface area contributed by atoms with Crippen molar-refractivity contribution in [1.29, 1.82) is 0 Å². The first-order chi connectivity index (χ1) is 13.1. The van der Waals surface area contributed by atoms with Gasteiger partial charge in [-0.1, -0.05) is 6.07 Å². The molecule has 0 aromatic carbocycles. The zero-order chi connectivity index (χ0) is 19.1. The summed E-state index contributed by atoms with van der Waals surface area (Å²) in [5, 5.41) is 8.70. The SMILES string of the molecule is CCNC(=NCC(c1cccs1)N1CCCC1)NCCN1CCCS1(=O)=O. The van der Waals surface area contributed by atoms with Crippen molar-refractivity contribution in [2.45, 2.75) is 32.2 Å². The Morgan fingerprint density at radius 3 is 2.70 bits per heavy atom. The molecule has 0 aliphatic carbocycles. The molecule has 3 rings (SSSR count). The maximum atomic E-state index is 11.9. The van der Waals surface area contributed by atoms with Crippen LogP contribution in [0.5, 0.6) is 0 Å². The second kappa shape index (κ2) is 9.86. The van der Waals surface area contributed by atoms with Gasteiger partial charge in [-0.15, -0.1) is 11.3 Å². The summed E-state index contributed by atoms with van der Waals surface area (Å²) in [7, 11) is -3.04. The van der Waals surface area contributed by atoms with Gasteiger partial charge < -0.3 is 10.6 Å². The first-order valence-electron chi connectivity index (χ1n) is 9.87. The molecular weight excluding hydrogens is 382 g/mol. The second-order valence-electron chi connectivity index (χ2n) is 6.99. The molecule has 0 saturated carbocycles. The van der Waals surface area contributed by atoms with Crippen LogP contribution in [0.15, 0.2) is 22.5 Å². The summed E-state index contributed by atoms with van der Waals surface area (Å²) < 4.78 is 25.4. The molecule has 9 heteroatoms. The average molecular weight is 414 g/mol. The highest BCUT2D eigenvalue weighted by Gasteiger charge is 2.27. The predicted molar refractivity (Wildman–Crippen MR) is 112 cm³/mol. The van der Waals surface area contributed by atoms with Gasteiger partial charge in [0, 0.05) is 31.1 Å². The molecule has 7 nitrogen and oxygen atoms in total. The second-order valence-corrected chi connectivity index (χ2v) is 10.1. The van der Waals surface area contributed by atoms with E-state index in [0.29, 0.717) is 32.2 Å². The zero-order valence-corrected chi connectivity index (χ0v) is 17.7. The summed E-state index contributed by atoms with van der Waals surface area (Å²) >= 11 is 1.79. The number of hydrogen-bond donors (Lipinski definition) is 2. The standard InChI is InChI=1S/C18H31N5O2S2/c1-2-19-18(20-8-12-23-11-6-14-27(23,24)25)21-15-16(17-7-5-13-26-17)22-9-3-4-10-22/h5,7,13,16H,2-4,6,8-12,14-15H2,1H3,(H2,19,20,21). The molecule has 1 aromatic rings. The summed E-state index contributed by atoms with van der Waals surface area (Å²) in [6, 6.07) is 4.62. The Bertz CT molecular complexity index is 699. The van der Waals surface area contributed by atoms with Gasteiger partial charge in [-0.2, -0.15) is 0 Å². The van der Waals surface area contributed by atoms with Crippen LogP contribution >= 0.6 is 11.3 Å². The number of nitrogens with one attached hydrogen (secondary N) is 2. The van der Waals surface area contributed by atoms with Gasteiger partial charge in [0.2, 0.25) is 10.0 Å². The number of rotatable bonds is 8. The molecular formula is C18H31N5O2S2. The topological polar surface area (TPSA) is 77.0 Å². The van der Waals surface area contributed by atoms with Crippen LogP contribution in [0.25, 0.3) is 0 Å². The van der Waals surface area contributed by atoms with E-state index in [1.807, 2.05) is 6.92 Å². The van der Waals surface area contributed by atoms with Crippen molar-refractivity contribution in [3.63, 3.8) is 0 Å². The van der Waals surface area contributed by atoms with Crippen molar-refractivity contribution in [3.05, 3.63) is 22.4 Å². The van der Waals surface area contributed by atoms with Gasteiger partial charge in [0.15, 0.2) is 5.96 Å². The quantitative estimate of drug-likeness (QED) is 0.499. The highest BCUT2D eigenvalue weighted by Crippen LogP contribution is 2.28. The van der Waals surface area contributed by atoms with Gasteiger partial charge >= 0.3 is 0 Å². The normalized spacial score (nSPS) is 22.2. The van der Waals surface area contributed by atoms with Crippen LogP contribution in [0.3, 0.4) is 0 Å². The van der Waals surface area contributed by atoms with Crippen molar-refractivity contribution < 1.29 is 8.42 Å². The Morgan fingerprint density at radius 1 is 1.26 bits per heavy atom. The third-order valence-electron chi connectivity index (χ3n) is 5.08. The lowest BCUT2D eigenvalue weighted by molar-refractivity contribution is 0.255. The molecule has 0 radical (unpaired) electrons. The third kappa shape index (κ3) is 5.66. The average Bonchev–Trinajstić information content (AvgIpc) is 3.38. The van der Waals surface area contributed by atoms with E-state index in [2.05, 4.69) is 33.0 Å². The van der Waals surface area contributed by atoms with E-state index < -0.39 is 10.0 Å². The number of aliphatic imine (C=N–C) groups is 1. The first-order valence-corrected chi connectivity index (χ1v) is 12.4. The van der Waals surface area contributed by atoms with Crippen LogP contribution in [0.4, 0.5) is 0 Å². The van der Waals surface area contributed by atoms with Gasteiger partial charge in [-0.3, -0.25) is 9.89 Å². The smallest absolute Gasteiger partial charge is 0.214 e. The molecule has 0 amide bonds. The molecule has 2 aliphatic rings. The van der Waals surface area contributed by atoms with E-state index in [0.717, 1.165) is 32.0 Å². The fourth-order valence-electron chi connectivity index (χ4n) is 3.68. The minimum absolute atomic E-state index is 0.277. The molecule has 1 aromatic heterocycles. The van der Waals surface area contributed by atoms with Crippen LogP contribution in [0.2, 0.25) is 0 Å². The summed E-state index contributed by atoms with van der Waals surface area (Å²) in [6.07, 6.45) is 3.25. The van der Waals surface area contributed by atoms with Crippen LogP contribution < -0.4 is 10.6 Å². The minimum Gasteiger partial charge on any atom is -0.357 e. The highest BCUT2D eigenvalue weighted by molar-refractivity contribution is 7.89. The molecule has 2 aliphatic heterocycles. The Labute approximate surface area is 166 Å². The zero-order valence-electron chi connectivity index (χ0n) is 16.1. The fourth-order valence-corrected chi connectivity index (χ4v) is 6.06. The Balaban J connectivity index is 1.58. The largest absolute Gasteiger partial charge is 0.357 e. The van der Waals surface area contributed by atoms with Gasteiger partial charge in [-0.25, -0.2) is 12.7 Å². The summed E-state index contributed by atoms with van der Waals surface area (Å²) in [6.45, 7) is 7.49. The van der Waals surface area contributed by atoms with E-state index >= 15 is 0 Å². The summed E-state index contributed by atoms with van der Waals surface area (Å²) in [4.78, 5) is 8.69. The maximum Gasteiger partial charge on any atom is 0.214 e. The molecule has 1 unspecified atom stereocenters. The molecule has 3 heterocycles. The van der Waals surface area contributed by atoms with E-state index in [-0.39, 0.29) is 5.75 Å². The van der Waals surface area contributed by atoms with E-state index in [4.69, 9.17) is 4.99 Å². The van der Waals surface area contributed by atoms with Crippen LogP contribution in [-0.4, -0.2) is 75.1 Å². The van der Waals surface area contributed by atoms with Gasteiger partial charge in [0.05, 0.1) is 18.3 Å². The molecule has 0 bridgehead atoms. The van der Waals surface area contributed by atoms with Crippen LogP contribution in [0, 0.1) is 0 Å². The van der Waals surface area contributed by atoms with E-state index in [1.165, 1.54) is 17.7 Å². The number of guanidine groups is 1. The summed E-state index contributed by atoms with van der Waals surface area (Å²) in [5.41, 5.74) is 0. The van der Waals surface area contributed by atoms with Crippen molar-refractivity contribution in [2.24, 2.45) is 4.99 Å². The molecule has 2 saturated heterocycles. The molecule has 2 fully saturated rings. The molecule has 0 spiro atoms. The van der Waals surface area contributed by atoms with Crippen molar-refractivity contribution in [1.82, 2.24) is 19.8 Å². The fraction of sp³-hybridized carbons (Fsp3) is 0.722. The molecule has 2 N–H and O–H groups in total. The van der Waals surface area contributed by atoms with Crippen molar-refractivity contribution in [3.8, 4) is 0 Å². The van der Waals surface area contributed by atoms with Crippen LogP contribution in [0.1, 0.15) is 37.1 Å². The van der Waals surface area contributed by atoms with Gasteiger partial charge in [-0.05, 0) is 50.7 Å². The number of hydrogen-bond acceptors (Lipinski definition) is 5. The Kier molecular flexibility index (Phi) is 7.51. The van der Waals surface area contributed by atoms with E-state index in [1.54, 1.807) is 15.6 Å². The third-order valence-corrected chi connectivity index (χ3v) is 8.01. The number of sulfonamides is 1. The Hall–Kier alpha value is -1.16. The molecule has 152 valence electrons. The predicted octanol–water partition coefficient (Wildman–Crippen LogP) is 1.48. The maximum absolute atomic E-state index is 11.9. The Morgan fingerprint density at radius 2 is 2.07 bits per heavy atom. The number of likely N-dealkylation sites (tertiary alicyclic amines) is 1. The number of nitrogens with zero attached hydrogens (tertiary/aromatic N) is 3. The van der Waals surface area contributed by atoms with E-state index in [9.17, 15) is 8.42 Å².